The molecule has 1 aromatic carbocycles. The third kappa shape index (κ3) is 5.54. The molecule has 114 valence electrons. The summed E-state index contributed by atoms with van der Waals surface area (Å²) in [5.74, 6) is -1.23. The van der Waals surface area contributed by atoms with Gasteiger partial charge in [-0.1, -0.05) is 6.07 Å². The van der Waals surface area contributed by atoms with Crippen LogP contribution in [0.5, 0.6) is 0 Å². The first-order valence-electron chi connectivity index (χ1n) is 6.36. The highest BCUT2D eigenvalue weighted by atomic mass is 32.2. The van der Waals surface area contributed by atoms with E-state index >= 15 is 0 Å². The molecule has 0 spiro atoms. The Morgan fingerprint density at radius 2 is 1.80 bits per heavy atom. The lowest BCUT2D eigenvalue weighted by atomic mass is 10.0. The summed E-state index contributed by atoms with van der Waals surface area (Å²) in [4.78, 5) is 1.87. The summed E-state index contributed by atoms with van der Waals surface area (Å²) in [5, 5.41) is 0. The number of hydrogen-bond acceptors (Lipinski definition) is 3. The predicted molar refractivity (Wildman–Crippen MR) is 76.2 cm³/mol. The topological polar surface area (TPSA) is 37.4 Å². The van der Waals surface area contributed by atoms with Gasteiger partial charge in [0.1, 0.15) is 21.5 Å². The van der Waals surface area contributed by atoms with Gasteiger partial charge >= 0.3 is 0 Å². The average Bonchev–Trinajstić information content (AvgIpc) is 2.23. The van der Waals surface area contributed by atoms with Crippen molar-refractivity contribution in [2.45, 2.75) is 32.9 Å². The zero-order chi connectivity index (χ0) is 15.6. The van der Waals surface area contributed by atoms with E-state index in [0.29, 0.717) is 12.1 Å². The SMILES string of the molecule is CC(C)(C)N(CCS(C)(=O)=O)Cc1ccc(F)cc1F. The van der Waals surface area contributed by atoms with Crippen molar-refractivity contribution in [1.82, 2.24) is 4.90 Å². The minimum Gasteiger partial charge on any atom is -0.293 e. The van der Waals surface area contributed by atoms with E-state index in [2.05, 4.69) is 0 Å². The minimum atomic E-state index is -3.08. The lowest BCUT2D eigenvalue weighted by Crippen LogP contribution is -2.43. The smallest absolute Gasteiger partial charge is 0.148 e. The third-order valence-electron chi connectivity index (χ3n) is 3.06. The van der Waals surface area contributed by atoms with Crippen molar-refractivity contribution in [3.8, 4) is 0 Å². The lowest BCUT2D eigenvalue weighted by Gasteiger charge is -2.35. The van der Waals surface area contributed by atoms with Crippen molar-refractivity contribution in [3.05, 3.63) is 35.4 Å². The van der Waals surface area contributed by atoms with Gasteiger partial charge < -0.3 is 0 Å². The van der Waals surface area contributed by atoms with Crippen LogP contribution in [0.15, 0.2) is 18.2 Å². The maximum atomic E-state index is 13.7. The summed E-state index contributed by atoms with van der Waals surface area (Å²) in [5.41, 5.74) is 0.0423. The molecule has 0 aliphatic rings. The van der Waals surface area contributed by atoms with E-state index in [1.807, 2.05) is 25.7 Å². The first-order chi connectivity index (χ1) is 8.99. The molecule has 0 bridgehead atoms. The molecule has 0 atom stereocenters. The monoisotopic (exact) mass is 305 g/mol. The third-order valence-corrected chi connectivity index (χ3v) is 3.98. The van der Waals surface area contributed by atoms with E-state index in [4.69, 9.17) is 0 Å². The normalized spacial score (nSPS) is 12.9. The summed E-state index contributed by atoms with van der Waals surface area (Å²) in [6, 6.07) is 3.44. The molecule has 0 saturated heterocycles. The summed E-state index contributed by atoms with van der Waals surface area (Å²) < 4.78 is 49.1. The highest BCUT2D eigenvalue weighted by molar-refractivity contribution is 7.90. The molecule has 0 saturated carbocycles. The molecule has 0 aliphatic carbocycles. The van der Waals surface area contributed by atoms with Crippen molar-refractivity contribution in [2.24, 2.45) is 0 Å². The van der Waals surface area contributed by atoms with E-state index in [1.54, 1.807) is 0 Å². The number of hydrogen-bond donors (Lipinski definition) is 0. The zero-order valence-corrected chi connectivity index (χ0v) is 13.1. The molecular formula is C14H21F2NO2S. The number of nitrogens with zero attached hydrogens (tertiary/aromatic N) is 1. The van der Waals surface area contributed by atoms with Crippen molar-refractivity contribution in [2.75, 3.05) is 18.6 Å². The highest BCUT2D eigenvalue weighted by Gasteiger charge is 2.23. The molecule has 6 heteroatoms. The maximum Gasteiger partial charge on any atom is 0.148 e. The molecule has 0 unspecified atom stereocenters. The van der Waals surface area contributed by atoms with E-state index in [1.165, 1.54) is 18.4 Å². The van der Waals surface area contributed by atoms with Crippen molar-refractivity contribution < 1.29 is 17.2 Å². The fraction of sp³-hybridized carbons (Fsp3) is 0.571. The molecule has 3 nitrogen and oxygen atoms in total. The molecular weight excluding hydrogens is 284 g/mol. The number of rotatable bonds is 5. The van der Waals surface area contributed by atoms with E-state index in [0.717, 1.165) is 6.07 Å². The van der Waals surface area contributed by atoms with Gasteiger partial charge in [0.25, 0.3) is 0 Å². The van der Waals surface area contributed by atoms with Crippen LogP contribution in [-0.4, -0.2) is 37.4 Å². The minimum absolute atomic E-state index is 0.00703. The van der Waals surface area contributed by atoms with E-state index in [9.17, 15) is 17.2 Å². The highest BCUT2D eigenvalue weighted by Crippen LogP contribution is 2.19. The van der Waals surface area contributed by atoms with Crippen LogP contribution in [0.4, 0.5) is 8.78 Å². The fourth-order valence-corrected chi connectivity index (χ4v) is 2.34. The van der Waals surface area contributed by atoms with Crippen molar-refractivity contribution in [1.29, 1.82) is 0 Å². The molecule has 1 aromatic rings. The summed E-state index contributed by atoms with van der Waals surface area (Å²) in [6.45, 7) is 6.33. The van der Waals surface area contributed by atoms with Gasteiger partial charge in [0, 0.05) is 36.5 Å². The van der Waals surface area contributed by atoms with Gasteiger partial charge in [0.15, 0.2) is 0 Å². The molecule has 0 radical (unpaired) electrons. The first kappa shape index (κ1) is 17.0. The van der Waals surface area contributed by atoms with Crippen LogP contribution in [0.3, 0.4) is 0 Å². The van der Waals surface area contributed by atoms with Gasteiger partial charge in [0.2, 0.25) is 0 Å². The Kier molecular flexibility index (Phi) is 5.27. The van der Waals surface area contributed by atoms with Crippen LogP contribution >= 0.6 is 0 Å². The molecule has 0 aliphatic heterocycles. The Balaban J connectivity index is 2.90. The Labute approximate surface area is 119 Å². The van der Waals surface area contributed by atoms with Crippen molar-refractivity contribution in [3.63, 3.8) is 0 Å². The molecule has 0 amide bonds. The van der Waals surface area contributed by atoms with Gasteiger partial charge in [-0.25, -0.2) is 17.2 Å². The largest absolute Gasteiger partial charge is 0.293 e. The van der Waals surface area contributed by atoms with Gasteiger partial charge in [-0.2, -0.15) is 0 Å². The van der Waals surface area contributed by atoms with Crippen LogP contribution in [0.25, 0.3) is 0 Å². The Hall–Kier alpha value is -1.01. The average molecular weight is 305 g/mol. The van der Waals surface area contributed by atoms with E-state index in [-0.39, 0.29) is 17.8 Å². The lowest BCUT2D eigenvalue weighted by molar-refractivity contribution is 0.135. The van der Waals surface area contributed by atoms with Crippen LogP contribution in [-0.2, 0) is 16.4 Å². The first-order valence-corrected chi connectivity index (χ1v) is 8.42. The van der Waals surface area contributed by atoms with Crippen LogP contribution < -0.4 is 0 Å². The maximum absolute atomic E-state index is 13.7. The fourth-order valence-electron chi connectivity index (χ4n) is 1.78. The second kappa shape index (κ2) is 6.18. The van der Waals surface area contributed by atoms with Crippen LogP contribution in [0, 0.1) is 11.6 Å². The van der Waals surface area contributed by atoms with Gasteiger partial charge in [0.05, 0.1) is 5.75 Å². The molecule has 0 N–H and O–H groups in total. The number of sulfone groups is 1. The van der Waals surface area contributed by atoms with Gasteiger partial charge in [-0.3, -0.25) is 4.90 Å². The summed E-state index contributed by atoms with van der Waals surface area (Å²) in [7, 11) is -3.08. The quantitative estimate of drug-likeness (QED) is 0.839. The van der Waals surface area contributed by atoms with Crippen LogP contribution in [0.2, 0.25) is 0 Å². The zero-order valence-electron chi connectivity index (χ0n) is 12.3. The number of halogens is 2. The second-order valence-corrected chi connectivity index (χ2v) is 8.22. The molecule has 20 heavy (non-hydrogen) atoms. The van der Waals surface area contributed by atoms with Crippen LogP contribution in [0.1, 0.15) is 26.3 Å². The molecule has 1 rings (SSSR count). The molecule has 0 heterocycles. The molecule has 0 aromatic heterocycles. The summed E-state index contributed by atoms with van der Waals surface area (Å²) in [6.07, 6.45) is 1.17. The predicted octanol–water partition coefficient (Wildman–Crippen LogP) is 2.61. The molecule has 0 fully saturated rings. The van der Waals surface area contributed by atoms with Gasteiger partial charge in [-0.05, 0) is 26.8 Å². The summed E-state index contributed by atoms with van der Waals surface area (Å²) >= 11 is 0. The Morgan fingerprint density at radius 1 is 1.20 bits per heavy atom. The van der Waals surface area contributed by atoms with Crippen molar-refractivity contribution >= 4 is 9.84 Å². The van der Waals surface area contributed by atoms with Gasteiger partial charge in [-0.15, -0.1) is 0 Å². The van der Waals surface area contributed by atoms with E-state index < -0.39 is 21.5 Å². The number of benzene rings is 1. The Morgan fingerprint density at radius 3 is 2.25 bits per heavy atom. The second-order valence-electron chi connectivity index (χ2n) is 5.96. The standard InChI is InChI=1S/C14H21F2NO2S/c1-14(2,3)17(7-8-20(4,18)19)10-11-5-6-12(15)9-13(11)16/h5-6,9H,7-8,10H2,1-4H3. The Bertz CT molecular complexity index is 565.